The van der Waals surface area contributed by atoms with Crippen molar-refractivity contribution in [2.75, 3.05) is 13.7 Å². The highest BCUT2D eigenvalue weighted by Gasteiger charge is 2.26. The molecule has 1 aromatic rings. The lowest BCUT2D eigenvalue weighted by Crippen LogP contribution is -2.26. The lowest BCUT2D eigenvalue weighted by atomic mass is 9.76. The summed E-state index contributed by atoms with van der Waals surface area (Å²) in [5.74, 6) is 0.698. The Bertz CT molecular complexity index is 518. The fraction of sp³-hybridized carbons (Fsp3) is 0.632. The largest absolute Gasteiger partial charge is 0.483 e. The minimum Gasteiger partial charge on any atom is -0.483 e. The molecule has 0 unspecified atom stereocenters. The van der Waals surface area contributed by atoms with Gasteiger partial charge < -0.3 is 10.1 Å². The summed E-state index contributed by atoms with van der Waals surface area (Å²) in [7, 11) is 1.62. The van der Waals surface area contributed by atoms with E-state index in [0.29, 0.717) is 0 Å². The number of rotatable bonds is 7. The van der Waals surface area contributed by atoms with Crippen LogP contribution in [0, 0.1) is 0 Å². The lowest BCUT2D eigenvalue weighted by Gasteiger charge is -2.30. The Kier molecular flexibility index (Phi) is 6.04. The topological polar surface area (TPSA) is 38.3 Å². The van der Waals surface area contributed by atoms with Gasteiger partial charge in [0.1, 0.15) is 5.75 Å². The van der Waals surface area contributed by atoms with E-state index in [1.54, 1.807) is 7.05 Å². The van der Waals surface area contributed by atoms with E-state index < -0.39 is 0 Å². The Morgan fingerprint density at radius 1 is 1.09 bits per heavy atom. The molecule has 0 radical (unpaired) electrons. The van der Waals surface area contributed by atoms with Crippen molar-refractivity contribution in [2.24, 2.45) is 0 Å². The van der Waals surface area contributed by atoms with Gasteiger partial charge in [0.05, 0.1) is 0 Å². The van der Waals surface area contributed by atoms with Crippen molar-refractivity contribution in [3.8, 4) is 5.75 Å². The molecular formula is C19H31NO2. The van der Waals surface area contributed by atoms with Crippen molar-refractivity contribution in [1.29, 1.82) is 0 Å². The van der Waals surface area contributed by atoms with Gasteiger partial charge in [-0.3, -0.25) is 4.79 Å². The molecule has 0 saturated heterocycles. The predicted octanol–water partition coefficient (Wildman–Crippen LogP) is 4.19. The molecule has 1 N–H and O–H groups in total. The second-order valence-corrected chi connectivity index (χ2v) is 7.15. The molecule has 3 nitrogen and oxygen atoms in total. The van der Waals surface area contributed by atoms with Gasteiger partial charge in [-0.25, -0.2) is 0 Å². The smallest absolute Gasteiger partial charge is 0.257 e. The van der Waals surface area contributed by atoms with Gasteiger partial charge >= 0.3 is 0 Å². The molecule has 1 amide bonds. The van der Waals surface area contributed by atoms with E-state index in [4.69, 9.17) is 4.74 Å². The number of benzene rings is 1. The van der Waals surface area contributed by atoms with Crippen LogP contribution in [0.3, 0.4) is 0 Å². The molecule has 1 rings (SSSR count). The maximum atomic E-state index is 11.5. The molecule has 0 aliphatic rings. The Hall–Kier alpha value is -1.51. The molecular weight excluding hydrogens is 274 g/mol. The maximum Gasteiger partial charge on any atom is 0.257 e. The van der Waals surface area contributed by atoms with Crippen LogP contribution in [0.1, 0.15) is 65.5 Å². The van der Waals surface area contributed by atoms with Crippen molar-refractivity contribution in [3.63, 3.8) is 0 Å². The highest BCUT2D eigenvalue weighted by Crippen LogP contribution is 2.38. The normalized spacial score (nSPS) is 12.1. The van der Waals surface area contributed by atoms with Crippen LogP contribution in [-0.2, 0) is 15.6 Å². The standard InChI is InChI=1S/C19H31NO2/c1-8-18(3,4)14-10-11-16(22-13-17(21)20-7)15(12-14)19(5,6)9-2/h10-12H,8-9,13H2,1-7H3,(H,20,21). The third kappa shape index (κ3) is 4.25. The average molecular weight is 305 g/mol. The van der Waals surface area contributed by atoms with Crippen LogP contribution in [0.15, 0.2) is 18.2 Å². The predicted molar refractivity (Wildman–Crippen MR) is 92.6 cm³/mol. The van der Waals surface area contributed by atoms with E-state index in [1.807, 2.05) is 6.07 Å². The Morgan fingerprint density at radius 3 is 2.18 bits per heavy atom. The number of carbonyl (C=O) groups excluding carboxylic acids is 1. The van der Waals surface area contributed by atoms with Crippen LogP contribution >= 0.6 is 0 Å². The average Bonchev–Trinajstić information content (AvgIpc) is 2.52. The number of ether oxygens (including phenoxy) is 1. The molecule has 0 aliphatic carbocycles. The molecule has 0 heterocycles. The van der Waals surface area contributed by atoms with E-state index in [1.165, 1.54) is 11.1 Å². The van der Waals surface area contributed by atoms with E-state index in [9.17, 15) is 4.79 Å². The van der Waals surface area contributed by atoms with Gasteiger partial charge in [0.25, 0.3) is 5.91 Å². The fourth-order valence-electron chi connectivity index (χ4n) is 2.22. The van der Waals surface area contributed by atoms with Crippen LogP contribution in [0.2, 0.25) is 0 Å². The summed E-state index contributed by atoms with van der Waals surface area (Å²) in [5, 5.41) is 2.59. The third-order valence-electron chi connectivity index (χ3n) is 4.90. The summed E-state index contributed by atoms with van der Waals surface area (Å²) < 4.78 is 5.77. The number of hydrogen-bond acceptors (Lipinski definition) is 2. The van der Waals surface area contributed by atoms with E-state index in [2.05, 4.69) is 59.0 Å². The first-order chi connectivity index (χ1) is 10.2. The van der Waals surface area contributed by atoms with E-state index in [0.717, 1.165) is 18.6 Å². The second kappa shape index (κ2) is 7.17. The quantitative estimate of drug-likeness (QED) is 0.820. The van der Waals surface area contributed by atoms with Crippen molar-refractivity contribution in [1.82, 2.24) is 5.32 Å². The zero-order valence-electron chi connectivity index (χ0n) is 15.2. The SMILES string of the molecule is CCC(C)(C)c1ccc(OCC(=O)NC)c(C(C)(C)CC)c1. The number of likely N-dealkylation sites (N-methyl/N-ethyl adjacent to an activating group) is 1. The van der Waals surface area contributed by atoms with Crippen molar-refractivity contribution in [2.45, 2.75) is 65.2 Å². The molecule has 124 valence electrons. The molecule has 0 atom stereocenters. The highest BCUT2D eigenvalue weighted by atomic mass is 16.5. The molecule has 3 heteroatoms. The Labute approximate surface area is 135 Å². The molecule has 0 aromatic heterocycles. The minimum absolute atomic E-state index is 0.0118. The monoisotopic (exact) mass is 305 g/mol. The molecule has 0 fully saturated rings. The number of nitrogens with one attached hydrogen (secondary N) is 1. The van der Waals surface area contributed by atoms with Gasteiger partial charge in [-0.15, -0.1) is 0 Å². The van der Waals surface area contributed by atoms with Gasteiger partial charge in [0.15, 0.2) is 6.61 Å². The molecule has 0 bridgehead atoms. The van der Waals surface area contributed by atoms with Crippen LogP contribution < -0.4 is 10.1 Å². The van der Waals surface area contributed by atoms with Gasteiger partial charge in [-0.2, -0.15) is 0 Å². The van der Waals surface area contributed by atoms with Gasteiger partial charge in [-0.05, 0) is 35.3 Å². The first kappa shape index (κ1) is 18.5. The Morgan fingerprint density at radius 2 is 1.68 bits per heavy atom. The number of amides is 1. The highest BCUT2D eigenvalue weighted by molar-refractivity contribution is 5.77. The summed E-state index contributed by atoms with van der Waals surface area (Å²) in [6.07, 6.45) is 2.09. The molecule has 0 saturated carbocycles. The summed E-state index contributed by atoms with van der Waals surface area (Å²) in [6, 6.07) is 6.40. The van der Waals surface area contributed by atoms with Gasteiger partial charge in [0, 0.05) is 12.6 Å². The summed E-state index contributed by atoms with van der Waals surface area (Å²) >= 11 is 0. The molecule has 0 aliphatic heterocycles. The maximum absolute atomic E-state index is 11.5. The van der Waals surface area contributed by atoms with Crippen molar-refractivity contribution in [3.05, 3.63) is 29.3 Å². The van der Waals surface area contributed by atoms with Crippen molar-refractivity contribution < 1.29 is 9.53 Å². The molecule has 0 spiro atoms. The van der Waals surface area contributed by atoms with E-state index >= 15 is 0 Å². The zero-order chi connectivity index (χ0) is 17.0. The minimum atomic E-state index is -0.113. The summed E-state index contributed by atoms with van der Waals surface area (Å²) in [5.41, 5.74) is 2.65. The van der Waals surface area contributed by atoms with Crippen LogP contribution in [0.5, 0.6) is 5.75 Å². The Balaban J connectivity index is 3.24. The van der Waals surface area contributed by atoms with Crippen LogP contribution in [0.25, 0.3) is 0 Å². The third-order valence-corrected chi connectivity index (χ3v) is 4.90. The number of hydrogen-bond donors (Lipinski definition) is 1. The van der Waals surface area contributed by atoms with Crippen LogP contribution in [0.4, 0.5) is 0 Å². The lowest BCUT2D eigenvalue weighted by molar-refractivity contribution is -0.122. The van der Waals surface area contributed by atoms with Crippen molar-refractivity contribution >= 4 is 5.91 Å². The van der Waals surface area contributed by atoms with E-state index in [-0.39, 0.29) is 23.3 Å². The summed E-state index contributed by atoms with van der Waals surface area (Å²) in [6.45, 7) is 13.4. The van der Waals surface area contributed by atoms with Crippen LogP contribution in [-0.4, -0.2) is 19.6 Å². The first-order valence-electron chi connectivity index (χ1n) is 8.16. The molecule has 1 aromatic carbocycles. The number of carbonyl (C=O) groups is 1. The fourth-order valence-corrected chi connectivity index (χ4v) is 2.22. The van der Waals surface area contributed by atoms with Gasteiger partial charge in [-0.1, -0.05) is 53.7 Å². The first-order valence-corrected chi connectivity index (χ1v) is 8.16. The second-order valence-electron chi connectivity index (χ2n) is 7.15. The van der Waals surface area contributed by atoms with Gasteiger partial charge in [0.2, 0.25) is 0 Å². The summed E-state index contributed by atoms with van der Waals surface area (Å²) in [4.78, 5) is 11.5. The zero-order valence-corrected chi connectivity index (χ0v) is 15.2. The molecule has 22 heavy (non-hydrogen) atoms.